The van der Waals surface area contributed by atoms with Crippen LogP contribution in [0.5, 0.6) is 0 Å². The fourth-order valence-corrected chi connectivity index (χ4v) is 3.10. The van der Waals surface area contributed by atoms with Gasteiger partial charge in [0.25, 0.3) is 5.91 Å². The van der Waals surface area contributed by atoms with Crippen LogP contribution in [0.25, 0.3) is 16.9 Å². The third-order valence-corrected chi connectivity index (χ3v) is 4.58. The van der Waals surface area contributed by atoms with E-state index in [4.69, 9.17) is 5.10 Å². The van der Waals surface area contributed by atoms with Crippen LogP contribution in [0.4, 0.5) is 5.69 Å². The highest BCUT2D eigenvalue weighted by atomic mass is 16.1. The fourth-order valence-electron chi connectivity index (χ4n) is 3.10. The maximum Gasteiger partial charge on any atom is 0.259 e. The van der Waals surface area contributed by atoms with Gasteiger partial charge in [-0.25, -0.2) is 4.68 Å². The Morgan fingerprint density at radius 2 is 1.61 bits per heavy atom. The van der Waals surface area contributed by atoms with E-state index in [-0.39, 0.29) is 5.91 Å². The van der Waals surface area contributed by atoms with Gasteiger partial charge in [0.05, 0.1) is 11.3 Å². The first-order chi connectivity index (χ1) is 13.6. The van der Waals surface area contributed by atoms with Crippen LogP contribution < -0.4 is 5.32 Å². The molecule has 0 unspecified atom stereocenters. The second-order valence-electron chi connectivity index (χ2n) is 6.86. The number of amides is 1. The van der Waals surface area contributed by atoms with Crippen LogP contribution in [-0.2, 0) is 0 Å². The van der Waals surface area contributed by atoms with E-state index >= 15 is 0 Å². The molecule has 0 saturated carbocycles. The summed E-state index contributed by atoms with van der Waals surface area (Å²) < 4.78 is 1.75. The first kappa shape index (κ1) is 17.7. The number of nitrogens with one attached hydrogen (secondary N) is 1. The van der Waals surface area contributed by atoms with Crippen LogP contribution in [0.15, 0.2) is 85.1 Å². The van der Waals surface area contributed by atoms with E-state index in [0.717, 1.165) is 28.1 Å². The number of hydrogen-bond acceptors (Lipinski definition) is 2. The van der Waals surface area contributed by atoms with Crippen molar-refractivity contribution in [1.29, 1.82) is 0 Å². The molecule has 0 atom stereocenters. The van der Waals surface area contributed by atoms with E-state index in [9.17, 15) is 4.79 Å². The molecule has 28 heavy (non-hydrogen) atoms. The zero-order valence-corrected chi connectivity index (χ0v) is 15.9. The van der Waals surface area contributed by atoms with Crippen molar-refractivity contribution in [3.05, 3.63) is 102 Å². The molecule has 0 aliphatic rings. The number of benzene rings is 3. The third-order valence-electron chi connectivity index (χ3n) is 4.58. The zero-order valence-electron chi connectivity index (χ0n) is 15.9. The number of para-hydroxylation sites is 1. The van der Waals surface area contributed by atoms with E-state index < -0.39 is 0 Å². The minimum Gasteiger partial charge on any atom is -0.322 e. The Morgan fingerprint density at radius 1 is 0.857 bits per heavy atom. The molecule has 0 aliphatic heterocycles. The van der Waals surface area contributed by atoms with E-state index in [1.165, 1.54) is 0 Å². The summed E-state index contributed by atoms with van der Waals surface area (Å²) in [5.74, 6) is -0.177. The molecule has 4 rings (SSSR count). The van der Waals surface area contributed by atoms with Crippen molar-refractivity contribution in [2.75, 3.05) is 5.32 Å². The summed E-state index contributed by atoms with van der Waals surface area (Å²) in [6, 6.07) is 25.6. The van der Waals surface area contributed by atoms with Gasteiger partial charge in [0.2, 0.25) is 0 Å². The Labute approximate surface area is 164 Å². The Morgan fingerprint density at radius 3 is 2.32 bits per heavy atom. The summed E-state index contributed by atoms with van der Waals surface area (Å²) in [5, 5.41) is 7.71. The van der Waals surface area contributed by atoms with Gasteiger partial charge in [-0.3, -0.25) is 4.79 Å². The predicted octanol–water partition coefficient (Wildman–Crippen LogP) is 5.41. The van der Waals surface area contributed by atoms with Crippen molar-refractivity contribution in [2.45, 2.75) is 13.8 Å². The van der Waals surface area contributed by atoms with Crippen molar-refractivity contribution >= 4 is 11.6 Å². The van der Waals surface area contributed by atoms with Gasteiger partial charge in [-0.15, -0.1) is 0 Å². The van der Waals surface area contributed by atoms with Gasteiger partial charge < -0.3 is 5.32 Å². The Bertz CT molecular complexity index is 1110. The normalized spacial score (nSPS) is 10.6. The van der Waals surface area contributed by atoms with Gasteiger partial charge in [0.15, 0.2) is 0 Å². The van der Waals surface area contributed by atoms with E-state index in [1.54, 1.807) is 10.9 Å². The summed E-state index contributed by atoms with van der Waals surface area (Å²) in [5.41, 5.74) is 6.05. The smallest absolute Gasteiger partial charge is 0.259 e. The number of aromatic nitrogens is 2. The van der Waals surface area contributed by atoms with Gasteiger partial charge in [-0.2, -0.15) is 5.10 Å². The number of rotatable bonds is 4. The number of nitrogens with zero attached hydrogens (tertiary/aromatic N) is 2. The SMILES string of the molecule is Cc1ccc(-c2nn(-c3ccccc3)cc2C(=O)Nc2cccc(C)c2)cc1. The molecule has 1 amide bonds. The molecular weight excluding hydrogens is 346 g/mol. The highest BCUT2D eigenvalue weighted by Gasteiger charge is 2.19. The van der Waals surface area contributed by atoms with E-state index in [1.807, 2.05) is 92.7 Å². The summed E-state index contributed by atoms with van der Waals surface area (Å²) in [7, 11) is 0. The van der Waals surface area contributed by atoms with Crippen LogP contribution in [0.2, 0.25) is 0 Å². The van der Waals surface area contributed by atoms with Crippen molar-refractivity contribution in [2.24, 2.45) is 0 Å². The maximum absolute atomic E-state index is 13.1. The number of aryl methyl sites for hydroxylation is 2. The zero-order chi connectivity index (χ0) is 19.5. The average molecular weight is 367 g/mol. The Hall–Kier alpha value is -3.66. The molecule has 1 aromatic heterocycles. The highest BCUT2D eigenvalue weighted by molar-refractivity contribution is 6.08. The van der Waals surface area contributed by atoms with Crippen molar-refractivity contribution < 1.29 is 4.79 Å². The molecule has 0 aliphatic carbocycles. The molecule has 1 heterocycles. The molecule has 0 spiro atoms. The lowest BCUT2D eigenvalue weighted by molar-refractivity contribution is 0.102. The topological polar surface area (TPSA) is 46.9 Å². The van der Waals surface area contributed by atoms with Crippen LogP contribution in [-0.4, -0.2) is 15.7 Å². The quantitative estimate of drug-likeness (QED) is 0.524. The first-order valence-electron chi connectivity index (χ1n) is 9.20. The number of carbonyl (C=O) groups excluding carboxylic acids is 1. The Balaban J connectivity index is 1.76. The maximum atomic E-state index is 13.1. The lowest BCUT2D eigenvalue weighted by atomic mass is 10.1. The van der Waals surface area contributed by atoms with Gasteiger partial charge in [-0.05, 0) is 43.7 Å². The molecule has 0 saturated heterocycles. The molecular formula is C24H21N3O. The monoisotopic (exact) mass is 367 g/mol. The van der Waals surface area contributed by atoms with Crippen molar-refractivity contribution in [3.8, 4) is 16.9 Å². The highest BCUT2D eigenvalue weighted by Crippen LogP contribution is 2.25. The van der Waals surface area contributed by atoms with Gasteiger partial charge in [-0.1, -0.05) is 60.2 Å². The van der Waals surface area contributed by atoms with Crippen molar-refractivity contribution in [1.82, 2.24) is 9.78 Å². The van der Waals surface area contributed by atoms with Gasteiger partial charge in [0.1, 0.15) is 5.69 Å². The second-order valence-corrected chi connectivity index (χ2v) is 6.86. The van der Waals surface area contributed by atoms with Gasteiger partial charge in [0, 0.05) is 17.4 Å². The molecule has 3 aromatic carbocycles. The van der Waals surface area contributed by atoms with Crippen LogP contribution in [0, 0.1) is 13.8 Å². The minimum absolute atomic E-state index is 0.177. The average Bonchev–Trinajstić information content (AvgIpc) is 3.15. The summed E-state index contributed by atoms with van der Waals surface area (Å²) in [6.45, 7) is 4.04. The fraction of sp³-hybridized carbons (Fsp3) is 0.0833. The van der Waals surface area contributed by atoms with E-state index in [0.29, 0.717) is 11.3 Å². The standard InChI is InChI=1S/C24H21N3O/c1-17-11-13-19(14-12-17)23-22(16-27(26-23)21-9-4-3-5-10-21)24(28)25-20-8-6-7-18(2)15-20/h3-16H,1-2H3,(H,25,28). The second kappa shape index (κ2) is 7.53. The Kier molecular flexibility index (Phi) is 4.77. The molecule has 4 nitrogen and oxygen atoms in total. The molecule has 4 heteroatoms. The lowest BCUT2D eigenvalue weighted by Gasteiger charge is -2.06. The van der Waals surface area contributed by atoms with Crippen LogP contribution in [0.1, 0.15) is 21.5 Å². The number of carbonyl (C=O) groups is 1. The van der Waals surface area contributed by atoms with Gasteiger partial charge >= 0.3 is 0 Å². The molecule has 1 N–H and O–H groups in total. The van der Waals surface area contributed by atoms with Crippen molar-refractivity contribution in [3.63, 3.8) is 0 Å². The molecule has 138 valence electrons. The van der Waals surface area contributed by atoms with Crippen LogP contribution >= 0.6 is 0 Å². The predicted molar refractivity (Wildman–Crippen MR) is 113 cm³/mol. The number of hydrogen-bond donors (Lipinski definition) is 1. The molecule has 0 radical (unpaired) electrons. The third kappa shape index (κ3) is 3.71. The summed E-state index contributed by atoms with van der Waals surface area (Å²) in [6.07, 6.45) is 1.79. The molecule has 4 aromatic rings. The molecule has 0 fully saturated rings. The minimum atomic E-state index is -0.177. The van der Waals surface area contributed by atoms with Crippen LogP contribution in [0.3, 0.4) is 0 Å². The first-order valence-corrected chi connectivity index (χ1v) is 9.20. The largest absolute Gasteiger partial charge is 0.322 e. The number of anilines is 1. The van der Waals surface area contributed by atoms with E-state index in [2.05, 4.69) is 5.32 Å². The lowest BCUT2D eigenvalue weighted by Crippen LogP contribution is -2.12. The summed E-state index contributed by atoms with van der Waals surface area (Å²) >= 11 is 0. The summed E-state index contributed by atoms with van der Waals surface area (Å²) in [4.78, 5) is 13.1. The molecule has 0 bridgehead atoms.